The average molecular weight is 428 g/mol. The number of rotatable bonds is 4. The van der Waals surface area contributed by atoms with Crippen LogP contribution in [0.3, 0.4) is 0 Å². The van der Waals surface area contributed by atoms with Crippen molar-refractivity contribution in [3.8, 4) is 0 Å². The third-order valence-corrected chi connectivity index (χ3v) is 5.84. The lowest BCUT2D eigenvalue weighted by Gasteiger charge is -2.16. The predicted molar refractivity (Wildman–Crippen MR) is 84.6 cm³/mol. The first-order valence-corrected chi connectivity index (χ1v) is 8.60. The van der Waals surface area contributed by atoms with E-state index >= 15 is 0 Å². The molecule has 0 bridgehead atoms. The third kappa shape index (κ3) is 2.87. The zero-order chi connectivity index (χ0) is 11.5. The van der Waals surface area contributed by atoms with E-state index in [1.54, 1.807) is 22.7 Å². The van der Waals surface area contributed by atoms with Crippen molar-refractivity contribution < 1.29 is 0 Å². The van der Waals surface area contributed by atoms with Crippen molar-refractivity contribution in [2.45, 2.75) is 13.0 Å². The molecule has 0 aliphatic rings. The van der Waals surface area contributed by atoms with Gasteiger partial charge in [0.25, 0.3) is 0 Å². The lowest BCUT2D eigenvalue weighted by Crippen LogP contribution is -2.21. The van der Waals surface area contributed by atoms with Gasteiger partial charge < -0.3 is 5.32 Å². The van der Waals surface area contributed by atoms with Crippen LogP contribution in [-0.4, -0.2) is 6.54 Å². The highest BCUT2D eigenvalue weighted by Crippen LogP contribution is 2.33. The Kier molecular flexibility index (Phi) is 4.84. The number of hydrogen-bond acceptors (Lipinski definition) is 3. The Bertz CT molecular complexity index is 466. The van der Waals surface area contributed by atoms with Gasteiger partial charge in [-0.15, -0.1) is 11.3 Å². The van der Waals surface area contributed by atoms with Gasteiger partial charge in [-0.1, -0.05) is 6.92 Å². The molecule has 2 rings (SSSR count). The molecule has 0 saturated carbocycles. The summed E-state index contributed by atoms with van der Waals surface area (Å²) < 4.78 is 2.53. The minimum absolute atomic E-state index is 0.311. The van der Waals surface area contributed by atoms with Crippen molar-refractivity contribution in [2.75, 3.05) is 6.54 Å². The topological polar surface area (TPSA) is 12.0 Å². The molecule has 0 radical (unpaired) electrons. The van der Waals surface area contributed by atoms with Crippen LogP contribution in [0.2, 0.25) is 0 Å². The molecule has 1 nitrogen and oxygen atoms in total. The van der Waals surface area contributed by atoms with Gasteiger partial charge in [0.05, 0.1) is 8.93 Å². The second-order valence-corrected chi connectivity index (χ2v) is 7.75. The van der Waals surface area contributed by atoms with Crippen molar-refractivity contribution >= 4 is 61.2 Å². The molecule has 0 amide bonds. The molecule has 0 saturated heterocycles. The van der Waals surface area contributed by atoms with Gasteiger partial charge in [-0.2, -0.15) is 11.3 Å². The highest BCUT2D eigenvalue weighted by molar-refractivity contribution is 14.1. The van der Waals surface area contributed by atoms with Crippen molar-refractivity contribution in [2.24, 2.45) is 0 Å². The summed E-state index contributed by atoms with van der Waals surface area (Å²) in [5, 5.41) is 10.1. The van der Waals surface area contributed by atoms with Crippen LogP contribution in [0.15, 0.2) is 26.7 Å². The van der Waals surface area contributed by atoms with E-state index in [1.165, 1.54) is 18.5 Å². The molecular formula is C11H11BrINS2. The molecular weight excluding hydrogens is 417 g/mol. The molecule has 2 aromatic rings. The fourth-order valence-electron chi connectivity index (χ4n) is 1.58. The van der Waals surface area contributed by atoms with E-state index in [4.69, 9.17) is 0 Å². The fourth-order valence-corrected chi connectivity index (χ4v) is 4.53. The van der Waals surface area contributed by atoms with E-state index in [-0.39, 0.29) is 0 Å². The maximum absolute atomic E-state index is 3.61. The van der Waals surface area contributed by atoms with E-state index < -0.39 is 0 Å². The third-order valence-electron chi connectivity index (χ3n) is 2.28. The van der Waals surface area contributed by atoms with Crippen LogP contribution in [0.25, 0.3) is 0 Å². The van der Waals surface area contributed by atoms with E-state index in [1.807, 2.05) is 0 Å². The Hall–Kier alpha value is 0.570. The average Bonchev–Trinajstić information content (AvgIpc) is 2.84. The first kappa shape index (κ1) is 13.0. The summed E-state index contributed by atoms with van der Waals surface area (Å²) in [6.07, 6.45) is 0. The van der Waals surface area contributed by atoms with Gasteiger partial charge in [-0.3, -0.25) is 0 Å². The van der Waals surface area contributed by atoms with Crippen LogP contribution in [0.5, 0.6) is 0 Å². The van der Waals surface area contributed by atoms with Crippen LogP contribution in [0, 0.1) is 2.88 Å². The Morgan fingerprint density at radius 1 is 1.44 bits per heavy atom. The van der Waals surface area contributed by atoms with Gasteiger partial charge in [-0.05, 0) is 73.0 Å². The smallest absolute Gasteiger partial charge is 0.0656 e. The zero-order valence-electron chi connectivity index (χ0n) is 8.67. The van der Waals surface area contributed by atoms with Crippen molar-refractivity contribution in [1.82, 2.24) is 5.32 Å². The molecule has 1 unspecified atom stereocenters. The van der Waals surface area contributed by atoms with Gasteiger partial charge in [0.1, 0.15) is 0 Å². The van der Waals surface area contributed by atoms with Gasteiger partial charge >= 0.3 is 0 Å². The maximum atomic E-state index is 3.61. The van der Waals surface area contributed by atoms with Gasteiger partial charge in [-0.25, -0.2) is 0 Å². The monoisotopic (exact) mass is 427 g/mol. The SMILES string of the molecule is CCNC(c1csc(I)c1)c1cscc1Br. The summed E-state index contributed by atoms with van der Waals surface area (Å²) in [6, 6.07) is 2.56. The van der Waals surface area contributed by atoms with Crippen LogP contribution < -0.4 is 5.32 Å². The lowest BCUT2D eigenvalue weighted by molar-refractivity contribution is 0.632. The van der Waals surface area contributed by atoms with E-state index in [0.29, 0.717) is 6.04 Å². The summed E-state index contributed by atoms with van der Waals surface area (Å²) in [4.78, 5) is 0. The van der Waals surface area contributed by atoms with Crippen molar-refractivity contribution in [3.05, 3.63) is 40.7 Å². The predicted octanol–water partition coefficient (Wildman–Crippen LogP) is 4.88. The number of nitrogens with one attached hydrogen (secondary N) is 1. The van der Waals surface area contributed by atoms with Crippen molar-refractivity contribution in [3.63, 3.8) is 0 Å². The quantitative estimate of drug-likeness (QED) is 0.686. The summed E-state index contributed by atoms with van der Waals surface area (Å²) in [6.45, 7) is 3.12. The Labute approximate surface area is 126 Å². The second kappa shape index (κ2) is 5.95. The van der Waals surface area contributed by atoms with E-state index in [0.717, 1.165) is 6.54 Å². The molecule has 5 heteroatoms. The number of hydrogen-bond donors (Lipinski definition) is 1. The largest absolute Gasteiger partial charge is 0.306 e. The van der Waals surface area contributed by atoms with Gasteiger partial charge in [0.2, 0.25) is 0 Å². The van der Waals surface area contributed by atoms with Crippen molar-refractivity contribution in [1.29, 1.82) is 0 Å². The molecule has 2 heterocycles. The lowest BCUT2D eigenvalue weighted by atomic mass is 10.1. The van der Waals surface area contributed by atoms with Crippen LogP contribution in [0.1, 0.15) is 24.1 Å². The van der Waals surface area contributed by atoms with Gasteiger partial charge in [0, 0.05) is 9.85 Å². The molecule has 0 aliphatic carbocycles. The van der Waals surface area contributed by atoms with E-state index in [2.05, 4.69) is 73.0 Å². The molecule has 1 atom stereocenters. The second-order valence-electron chi connectivity index (χ2n) is 3.35. The summed E-state index contributed by atoms with van der Waals surface area (Å²) in [5.41, 5.74) is 2.69. The Morgan fingerprint density at radius 2 is 2.25 bits per heavy atom. The fraction of sp³-hybridized carbons (Fsp3) is 0.273. The summed E-state index contributed by atoms with van der Waals surface area (Å²) in [7, 11) is 0. The first-order valence-electron chi connectivity index (χ1n) is 4.91. The normalized spacial score (nSPS) is 12.9. The molecule has 0 fully saturated rings. The van der Waals surface area contributed by atoms with Gasteiger partial charge in [0.15, 0.2) is 0 Å². The summed E-state index contributed by atoms with van der Waals surface area (Å²) >= 11 is 9.52. The number of halogens is 2. The minimum Gasteiger partial charge on any atom is -0.306 e. The van der Waals surface area contributed by atoms with Crippen LogP contribution in [-0.2, 0) is 0 Å². The molecule has 2 aromatic heterocycles. The maximum Gasteiger partial charge on any atom is 0.0656 e. The summed E-state index contributed by atoms with van der Waals surface area (Å²) in [5.74, 6) is 0. The van der Waals surface area contributed by atoms with E-state index in [9.17, 15) is 0 Å². The number of thiophene rings is 2. The first-order chi connectivity index (χ1) is 7.72. The molecule has 1 N–H and O–H groups in total. The minimum atomic E-state index is 0.311. The molecule has 0 aliphatic heterocycles. The zero-order valence-corrected chi connectivity index (χ0v) is 14.0. The van der Waals surface area contributed by atoms with Crippen LogP contribution in [0.4, 0.5) is 0 Å². The Morgan fingerprint density at radius 3 is 2.75 bits per heavy atom. The molecule has 0 spiro atoms. The van der Waals surface area contributed by atoms with Crippen LogP contribution >= 0.6 is 61.2 Å². The highest BCUT2D eigenvalue weighted by Gasteiger charge is 2.17. The standard InChI is InChI=1S/C11H11BrINS2/c1-2-14-11(7-3-10(13)16-4-7)8-5-15-6-9(8)12/h3-6,11,14H,2H2,1H3. The molecule has 16 heavy (non-hydrogen) atoms. The highest BCUT2D eigenvalue weighted by atomic mass is 127. The molecule has 86 valence electrons. The molecule has 0 aromatic carbocycles. The Balaban J connectivity index is 2.34.